The summed E-state index contributed by atoms with van der Waals surface area (Å²) in [6.07, 6.45) is 1.98. The summed E-state index contributed by atoms with van der Waals surface area (Å²) < 4.78 is 7.11. The molecule has 0 saturated carbocycles. The van der Waals surface area contributed by atoms with E-state index in [1.807, 2.05) is 35.0 Å². The molecule has 0 saturated heterocycles. The number of para-hydroxylation sites is 1. The quantitative estimate of drug-likeness (QED) is 0.881. The predicted octanol–water partition coefficient (Wildman–Crippen LogP) is 2.38. The third-order valence-corrected chi connectivity index (χ3v) is 2.90. The number of aryl methyl sites for hydroxylation is 1. The van der Waals surface area contributed by atoms with Gasteiger partial charge in [0.05, 0.1) is 12.8 Å². The Morgan fingerprint density at radius 1 is 1.33 bits per heavy atom. The van der Waals surface area contributed by atoms with Gasteiger partial charge in [0.1, 0.15) is 11.9 Å². The molecule has 0 fully saturated rings. The van der Waals surface area contributed by atoms with Crippen LogP contribution in [0.3, 0.4) is 0 Å². The smallest absolute Gasteiger partial charge is 0.125 e. The first-order valence-electron chi connectivity index (χ1n) is 6.10. The summed E-state index contributed by atoms with van der Waals surface area (Å²) in [7, 11) is 1.61. The molecule has 1 heterocycles. The van der Waals surface area contributed by atoms with E-state index in [4.69, 9.17) is 4.74 Å². The Labute approximate surface area is 107 Å². The first-order valence-corrected chi connectivity index (χ1v) is 6.10. The molecule has 0 amide bonds. The Balaban J connectivity index is 2.35. The molecule has 2 rings (SSSR count). The lowest BCUT2D eigenvalue weighted by molar-refractivity contribution is 0.202. The zero-order valence-electron chi connectivity index (χ0n) is 10.7. The zero-order valence-corrected chi connectivity index (χ0v) is 10.7. The molecule has 1 aromatic heterocycles. The SMILES string of the molecule is CCCn1nccc1C(O)c1ccccc1OC. The number of nitrogens with zero attached hydrogens (tertiary/aromatic N) is 2. The normalized spacial score (nSPS) is 12.4. The monoisotopic (exact) mass is 246 g/mol. The maximum absolute atomic E-state index is 10.5. The van der Waals surface area contributed by atoms with Gasteiger partial charge in [0.15, 0.2) is 0 Å². The number of methoxy groups -OCH3 is 1. The topological polar surface area (TPSA) is 47.3 Å². The molecule has 4 nitrogen and oxygen atoms in total. The van der Waals surface area contributed by atoms with Crippen molar-refractivity contribution in [2.45, 2.75) is 26.0 Å². The van der Waals surface area contributed by atoms with Crippen LogP contribution in [0.5, 0.6) is 5.75 Å². The summed E-state index contributed by atoms with van der Waals surface area (Å²) in [5.41, 5.74) is 1.55. The third kappa shape index (κ3) is 2.38. The minimum Gasteiger partial charge on any atom is -0.496 e. The zero-order chi connectivity index (χ0) is 13.0. The molecule has 0 bridgehead atoms. The van der Waals surface area contributed by atoms with Crippen LogP contribution in [0.15, 0.2) is 36.5 Å². The van der Waals surface area contributed by atoms with Crippen molar-refractivity contribution in [3.63, 3.8) is 0 Å². The molecule has 1 N–H and O–H groups in total. The van der Waals surface area contributed by atoms with Crippen LogP contribution in [0.1, 0.15) is 30.7 Å². The van der Waals surface area contributed by atoms with Crippen LogP contribution >= 0.6 is 0 Å². The Hall–Kier alpha value is -1.81. The van der Waals surface area contributed by atoms with Gasteiger partial charge in [-0.15, -0.1) is 0 Å². The molecule has 2 aromatic rings. The van der Waals surface area contributed by atoms with Gasteiger partial charge >= 0.3 is 0 Å². The standard InChI is InChI=1S/C14H18N2O2/c1-3-10-16-12(8-9-15-16)14(17)11-6-4-5-7-13(11)18-2/h4-9,14,17H,3,10H2,1-2H3. The second kappa shape index (κ2) is 5.69. The van der Waals surface area contributed by atoms with Crippen molar-refractivity contribution in [2.75, 3.05) is 7.11 Å². The lowest BCUT2D eigenvalue weighted by Gasteiger charge is -2.16. The molecule has 1 unspecified atom stereocenters. The molecule has 1 aromatic carbocycles. The first-order chi connectivity index (χ1) is 8.77. The van der Waals surface area contributed by atoms with E-state index in [2.05, 4.69) is 12.0 Å². The van der Waals surface area contributed by atoms with E-state index in [9.17, 15) is 5.11 Å². The molecule has 96 valence electrons. The summed E-state index contributed by atoms with van der Waals surface area (Å²) in [6, 6.07) is 9.33. The second-order valence-electron chi connectivity index (χ2n) is 4.12. The van der Waals surface area contributed by atoms with Crippen molar-refractivity contribution in [1.82, 2.24) is 9.78 Å². The number of benzene rings is 1. The number of aliphatic hydroxyl groups excluding tert-OH is 1. The number of rotatable bonds is 5. The fourth-order valence-electron chi connectivity index (χ4n) is 2.03. The van der Waals surface area contributed by atoms with Gasteiger partial charge in [-0.05, 0) is 18.6 Å². The highest BCUT2D eigenvalue weighted by molar-refractivity contribution is 5.38. The number of aliphatic hydroxyl groups is 1. The predicted molar refractivity (Wildman–Crippen MR) is 69.6 cm³/mol. The fraction of sp³-hybridized carbons (Fsp3) is 0.357. The van der Waals surface area contributed by atoms with E-state index in [1.165, 1.54) is 0 Å². The molecule has 0 aliphatic heterocycles. The van der Waals surface area contributed by atoms with Crippen LogP contribution in [0, 0.1) is 0 Å². The summed E-state index contributed by atoms with van der Waals surface area (Å²) in [5.74, 6) is 0.689. The van der Waals surface area contributed by atoms with Gasteiger partial charge in [-0.25, -0.2) is 0 Å². The van der Waals surface area contributed by atoms with Crippen molar-refractivity contribution in [2.24, 2.45) is 0 Å². The molecule has 0 radical (unpaired) electrons. The molecular formula is C14H18N2O2. The van der Waals surface area contributed by atoms with Crippen molar-refractivity contribution < 1.29 is 9.84 Å². The van der Waals surface area contributed by atoms with Gasteiger partial charge in [-0.1, -0.05) is 25.1 Å². The van der Waals surface area contributed by atoms with Crippen LogP contribution in [0.25, 0.3) is 0 Å². The molecule has 0 aliphatic carbocycles. The van der Waals surface area contributed by atoms with E-state index in [0.717, 1.165) is 24.2 Å². The van der Waals surface area contributed by atoms with Gasteiger partial charge in [-0.3, -0.25) is 4.68 Å². The van der Waals surface area contributed by atoms with E-state index in [-0.39, 0.29) is 0 Å². The lowest BCUT2D eigenvalue weighted by Crippen LogP contribution is -2.10. The maximum atomic E-state index is 10.5. The van der Waals surface area contributed by atoms with E-state index >= 15 is 0 Å². The second-order valence-corrected chi connectivity index (χ2v) is 4.12. The number of ether oxygens (including phenoxy) is 1. The average Bonchev–Trinajstić information content (AvgIpc) is 2.86. The third-order valence-electron chi connectivity index (χ3n) is 2.90. The van der Waals surface area contributed by atoms with E-state index in [0.29, 0.717) is 5.75 Å². The van der Waals surface area contributed by atoms with Crippen molar-refractivity contribution in [3.05, 3.63) is 47.8 Å². The lowest BCUT2D eigenvalue weighted by atomic mass is 10.1. The minimum atomic E-state index is -0.713. The average molecular weight is 246 g/mol. The van der Waals surface area contributed by atoms with Crippen LogP contribution in [0.2, 0.25) is 0 Å². The first kappa shape index (κ1) is 12.6. The summed E-state index contributed by atoms with van der Waals surface area (Å²) >= 11 is 0. The van der Waals surface area contributed by atoms with E-state index < -0.39 is 6.10 Å². The van der Waals surface area contributed by atoms with Crippen molar-refractivity contribution in [3.8, 4) is 5.75 Å². The Morgan fingerprint density at radius 3 is 2.83 bits per heavy atom. The Bertz CT molecular complexity index is 508. The summed E-state index contributed by atoms with van der Waals surface area (Å²) in [6.45, 7) is 2.88. The maximum Gasteiger partial charge on any atom is 0.125 e. The molecule has 0 aliphatic rings. The van der Waals surface area contributed by atoms with Gasteiger partial charge in [-0.2, -0.15) is 5.10 Å². The summed E-state index contributed by atoms with van der Waals surface area (Å²) in [5, 5.41) is 14.7. The molecule has 1 atom stereocenters. The van der Waals surface area contributed by atoms with Crippen molar-refractivity contribution in [1.29, 1.82) is 0 Å². The van der Waals surface area contributed by atoms with Crippen LogP contribution < -0.4 is 4.74 Å². The largest absolute Gasteiger partial charge is 0.496 e. The molecular weight excluding hydrogens is 228 g/mol. The van der Waals surface area contributed by atoms with Crippen LogP contribution in [-0.4, -0.2) is 22.0 Å². The van der Waals surface area contributed by atoms with Crippen LogP contribution in [0.4, 0.5) is 0 Å². The highest BCUT2D eigenvalue weighted by Crippen LogP contribution is 2.29. The molecule has 0 spiro atoms. The van der Waals surface area contributed by atoms with Gasteiger partial charge in [0.2, 0.25) is 0 Å². The van der Waals surface area contributed by atoms with E-state index in [1.54, 1.807) is 13.3 Å². The fourth-order valence-corrected chi connectivity index (χ4v) is 2.03. The number of hydrogen-bond donors (Lipinski definition) is 1. The summed E-state index contributed by atoms with van der Waals surface area (Å²) in [4.78, 5) is 0. The Kier molecular flexibility index (Phi) is 3.99. The van der Waals surface area contributed by atoms with Crippen LogP contribution in [-0.2, 0) is 6.54 Å². The van der Waals surface area contributed by atoms with Crippen molar-refractivity contribution >= 4 is 0 Å². The number of hydrogen-bond acceptors (Lipinski definition) is 3. The molecule has 4 heteroatoms. The van der Waals surface area contributed by atoms with Gasteiger partial charge in [0, 0.05) is 18.3 Å². The number of aromatic nitrogens is 2. The highest BCUT2D eigenvalue weighted by Gasteiger charge is 2.18. The van der Waals surface area contributed by atoms with Gasteiger partial charge < -0.3 is 9.84 Å². The Morgan fingerprint density at radius 2 is 2.11 bits per heavy atom. The molecule has 18 heavy (non-hydrogen) atoms. The van der Waals surface area contributed by atoms with Gasteiger partial charge in [0.25, 0.3) is 0 Å². The highest BCUT2D eigenvalue weighted by atomic mass is 16.5. The minimum absolute atomic E-state index is 0.689.